The minimum Gasteiger partial charge on any atom is -0.373 e. The van der Waals surface area contributed by atoms with Gasteiger partial charge >= 0.3 is 0 Å². The Hall–Kier alpha value is -0.940. The molecule has 0 bridgehead atoms. The maximum Gasteiger partial charge on any atom is 0.134 e. The summed E-state index contributed by atoms with van der Waals surface area (Å²) in [4.78, 5) is 10.4. The monoisotopic (exact) mass is 309 g/mol. The lowest BCUT2D eigenvalue weighted by atomic mass is 10.3. The number of nitrogens with one attached hydrogen (secondary N) is 1. The van der Waals surface area contributed by atoms with Crippen molar-refractivity contribution in [3.8, 4) is 10.6 Å². The summed E-state index contributed by atoms with van der Waals surface area (Å²) in [7, 11) is 1.90. The number of thiophene rings is 1. The molecule has 5 heteroatoms. The highest BCUT2D eigenvalue weighted by Crippen LogP contribution is 2.40. The second-order valence-electron chi connectivity index (χ2n) is 4.12. The van der Waals surface area contributed by atoms with Crippen LogP contribution in [-0.4, -0.2) is 17.0 Å². The van der Waals surface area contributed by atoms with E-state index < -0.39 is 0 Å². The van der Waals surface area contributed by atoms with E-state index in [9.17, 15) is 0 Å². The summed E-state index contributed by atoms with van der Waals surface area (Å²) in [5.74, 6) is 2.45. The van der Waals surface area contributed by atoms with Crippen molar-refractivity contribution in [2.45, 2.75) is 18.8 Å². The zero-order valence-corrected chi connectivity index (χ0v) is 11.8. The van der Waals surface area contributed by atoms with Crippen LogP contribution in [0.15, 0.2) is 22.0 Å². The zero-order valence-electron chi connectivity index (χ0n) is 9.40. The molecule has 0 radical (unpaired) electrons. The number of hydrogen-bond donors (Lipinski definition) is 1. The molecule has 1 aliphatic carbocycles. The fraction of sp³-hybridized carbons (Fsp3) is 0.333. The van der Waals surface area contributed by atoms with Crippen molar-refractivity contribution in [1.82, 2.24) is 9.97 Å². The van der Waals surface area contributed by atoms with Crippen LogP contribution >= 0.6 is 27.3 Å². The summed E-state index contributed by atoms with van der Waals surface area (Å²) in [5.41, 5.74) is 1.01. The number of halogens is 1. The smallest absolute Gasteiger partial charge is 0.134 e. The average molecular weight is 310 g/mol. The van der Waals surface area contributed by atoms with E-state index >= 15 is 0 Å². The van der Waals surface area contributed by atoms with Crippen molar-refractivity contribution in [1.29, 1.82) is 0 Å². The van der Waals surface area contributed by atoms with Gasteiger partial charge in [-0.25, -0.2) is 9.97 Å². The Balaban J connectivity index is 2.09. The van der Waals surface area contributed by atoms with Gasteiger partial charge in [0.1, 0.15) is 11.6 Å². The molecule has 2 aromatic rings. The summed E-state index contributed by atoms with van der Waals surface area (Å²) in [6.45, 7) is 0. The SMILES string of the molecule is CNc1cc(-c2sccc2Br)nc(C2CC2)n1. The molecule has 0 unspecified atom stereocenters. The second kappa shape index (κ2) is 4.38. The standard InChI is InChI=1S/C12H12BrN3S/c1-14-10-6-9(11-8(13)4-5-17-11)15-12(16-10)7-2-3-7/h4-7H,2-3H2,1H3,(H,14,15,16). The first kappa shape index (κ1) is 11.2. The quantitative estimate of drug-likeness (QED) is 0.934. The molecule has 0 saturated heterocycles. The van der Waals surface area contributed by atoms with Crippen LogP contribution in [0.5, 0.6) is 0 Å². The maximum absolute atomic E-state index is 4.68. The summed E-state index contributed by atoms with van der Waals surface area (Å²) in [6.07, 6.45) is 2.44. The van der Waals surface area contributed by atoms with Gasteiger partial charge in [-0.05, 0) is 40.2 Å². The molecule has 1 fully saturated rings. The Morgan fingerprint density at radius 1 is 1.41 bits per heavy atom. The maximum atomic E-state index is 4.68. The number of anilines is 1. The largest absolute Gasteiger partial charge is 0.373 e. The molecule has 0 spiro atoms. The molecule has 17 heavy (non-hydrogen) atoms. The van der Waals surface area contributed by atoms with Crippen LogP contribution in [0, 0.1) is 0 Å². The predicted molar refractivity (Wildman–Crippen MR) is 74.6 cm³/mol. The third-order valence-corrected chi connectivity index (χ3v) is 4.65. The zero-order chi connectivity index (χ0) is 11.8. The molecule has 0 atom stereocenters. The Labute approximate surface area is 112 Å². The Bertz CT molecular complexity index is 548. The van der Waals surface area contributed by atoms with Crippen LogP contribution in [0.4, 0.5) is 5.82 Å². The number of nitrogens with zero attached hydrogens (tertiary/aromatic N) is 2. The first-order valence-electron chi connectivity index (χ1n) is 5.58. The van der Waals surface area contributed by atoms with Gasteiger partial charge in [0.05, 0.1) is 10.6 Å². The third kappa shape index (κ3) is 2.21. The highest BCUT2D eigenvalue weighted by atomic mass is 79.9. The van der Waals surface area contributed by atoms with Crippen molar-refractivity contribution in [3.63, 3.8) is 0 Å². The highest BCUT2D eigenvalue weighted by molar-refractivity contribution is 9.10. The van der Waals surface area contributed by atoms with Crippen LogP contribution in [0.3, 0.4) is 0 Å². The van der Waals surface area contributed by atoms with Crippen molar-refractivity contribution in [3.05, 3.63) is 27.8 Å². The third-order valence-electron chi connectivity index (χ3n) is 2.79. The number of aromatic nitrogens is 2. The average Bonchev–Trinajstić information content (AvgIpc) is 3.11. The molecule has 0 aromatic carbocycles. The Kier molecular flexibility index (Phi) is 2.88. The van der Waals surface area contributed by atoms with Gasteiger partial charge < -0.3 is 5.32 Å². The summed E-state index contributed by atoms with van der Waals surface area (Å²) >= 11 is 5.25. The first-order valence-corrected chi connectivity index (χ1v) is 7.25. The molecule has 0 amide bonds. The second-order valence-corrected chi connectivity index (χ2v) is 5.89. The van der Waals surface area contributed by atoms with Gasteiger partial charge in [0.15, 0.2) is 0 Å². The van der Waals surface area contributed by atoms with Crippen LogP contribution < -0.4 is 5.32 Å². The minimum atomic E-state index is 0.570. The van der Waals surface area contributed by atoms with Crippen LogP contribution in [0.25, 0.3) is 10.6 Å². The molecular formula is C12H12BrN3S. The summed E-state index contributed by atoms with van der Waals surface area (Å²) < 4.78 is 1.10. The molecule has 2 heterocycles. The summed E-state index contributed by atoms with van der Waals surface area (Å²) in [5, 5.41) is 5.18. The van der Waals surface area contributed by atoms with Crippen molar-refractivity contribution < 1.29 is 0 Å². The van der Waals surface area contributed by atoms with E-state index in [2.05, 4.69) is 42.7 Å². The van der Waals surface area contributed by atoms with E-state index in [0.29, 0.717) is 5.92 Å². The van der Waals surface area contributed by atoms with E-state index in [1.807, 2.05) is 13.1 Å². The van der Waals surface area contributed by atoms with Crippen LogP contribution in [-0.2, 0) is 0 Å². The van der Waals surface area contributed by atoms with Gasteiger partial charge in [-0.3, -0.25) is 0 Å². The van der Waals surface area contributed by atoms with Crippen molar-refractivity contribution in [2.75, 3.05) is 12.4 Å². The molecular weight excluding hydrogens is 298 g/mol. The molecule has 88 valence electrons. The predicted octanol–water partition coefficient (Wildman–Crippen LogP) is 3.89. The van der Waals surface area contributed by atoms with Crippen molar-refractivity contribution >= 4 is 33.1 Å². The van der Waals surface area contributed by atoms with Gasteiger partial charge in [-0.1, -0.05) is 0 Å². The van der Waals surface area contributed by atoms with E-state index in [1.165, 1.54) is 17.7 Å². The van der Waals surface area contributed by atoms with E-state index in [4.69, 9.17) is 0 Å². The lowest BCUT2D eigenvalue weighted by Crippen LogP contribution is -2.00. The minimum absolute atomic E-state index is 0.570. The van der Waals surface area contributed by atoms with E-state index in [0.717, 1.165) is 21.8 Å². The molecule has 3 rings (SSSR count). The normalized spacial score (nSPS) is 14.9. The molecule has 3 nitrogen and oxygen atoms in total. The van der Waals surface area contributed by atoms with Gasteiger partial charge in [0.25, 0.3) is 0 Å². The Morgan fingerprint density at radius 2 is 2.24 bits per heavy atom. The van der Waals surface area contributed by atoms with E-state index in [-0.39, 0.29) is 0 Å². The molecule has 0 aliphatic heterocycles. The van der Waals surface area contributed by atoms with Crippen molar-refractivity contribution in [2.24, 2.45) is 0 Å². The molecule has 1 N–H and O–H groups in total. The van der Waals surface area contributed by atoms with Crippen LogP contribution in [0.2, 0.25) is 0 Å². The molecule has 1 saturated carbocycles. The molecule has 2 aromatic heterocycles. The number of hydrogen-bond acceptors (Lipinski definition) is 4. The number of rotatable bonds is 3. The topological polar surface area (TPSA) is 37.8 Å². The summed E-state index contributed by atoms with van der Waals surface area (Å²) in [6, 6.07) is 4.06. The highest BCUT2D eigenvalue weighted by Gasteiger charge is 2.27. The fourth-order valence-electron chi connectivity index (χ4n) is 1.71. The van der Waals surface area contributed by atoms with Gasteiger partial charge in [0.2, 0.25) is 0 Å². The Morgan fingerprint density at radius 3 is 2.82 bits per heavy atom. The van der Waals surface area contributed by atoms with E-state index in [1.54, 1.807) is 11.3 Å². The lowest BCUT2D eigenvalue weighted by molar-refractivity contribution is 0.933. The van der Waals surface area contributed by atoms with Gasteiger partial charge in [0, 0.05) is 23.5 Å². The van der Waals surface area contributed by atoms with Crippen LogP contribution in [0.1, 0.15) is 24.6 Å². The fourth-order valence-corrected chi connectivity index (χ4v) is 3.25. The lowest BCUT2D eigenvalue weighted by Gasteiger charge is -2.06. The molecule has 1 aliphatic rings. The first-order chi connectivity index (χ1) is 8.28. The van der Waals surface area contributed by atoms with Gasteiger partial charge in [-0.15, -0.1) is 11.3 Å². The van der Waals surface area contributed by atoms with Gasteiger partial charge in [-0.2, -0.15) is 0 Å².